The van der Waals surface area contributed by atoms with Crippen LogP contribution in [0, 0.1) is 0 Å². The quantitative estimate of drug-likeness (QED) is 0.326. The summed E-state index contributed by atoms with van der Waals surface area (Å²) >= 11 is 6.16. The predicted molar refractivity (Wildman–Crippen MR) is 134 cm³/mol. The Balaban J connectivity index is 1.75. The number of carbonyl (C=O) groups excluding carboxylic acids is 1. The number of fused-ring (bicyclic) bond motifs is 2. The molecule has 35 heavy (non-hydrogen) atoms. The van der Waals surface area contributed by atoms with Gasteiger partial charge >= 0.3 is 0 Å². The zero-order valence-corrected chi connectivity index (χ0v) is 20.0. The number of halogens is 1. The number of hydrogen-bond donors (Lipinski definition) is 0. The average molecular weight is 491 g/mol. The molecule has 1 atom stereocenters. The third-order valence-corrected chi connectivity index (χ3v) is 6.01. The van der Waals surface area contributed by atoms with Crippen molar-refractivity contribution in [2.24, 2.45) is 0 Å². The van der Waals surface area contributed by atoms with E-state index in [1.807, 2.05) is 19.9 Å². The van der Waals surface area contributed by atoms with Gasteiger partial charge in [-0.3, -0.25) is 14.5 Å². The van der Waals surface area contributed by atoms with Gasteiger partial charge in [0, 0.05) is 11.2 Å². The van der Waals surface area contributed by atoms with Crippen LogP contribution in [0.3, 0.4) is 0 Å². The van der Waals surface area contributed by atoms with Crippen molar-refractivity contribution < 1.29 is 18.7 Å². The van der Waals surface area contributed by atoms with E-state index < -0.39 is 11.9 Å². The Morgan fingerprint density at radius 3 is 2.63 bits per heavy atom. The predicted octanol–water partition coefficient (Wildman–Crippen LogP) is 5.78. The number of amides is 1. The number of ether oxygens (including phenoxy) is 2. The number of hydrogen-bond acceptors (Lipinski definition) is 6. The first-order valence-electron chi connectivity index (χ1n) is 11.4. The molecule has 2 aromatic carbocycles. The Morgan fingerprint density at radius 2 is 1.89 bits per heavy atom. The number of nitrogens with zero attached hydrogens (tertiary/aromatic N) is 2. The van der Waals surface area contributed by atoms with Gasteiger partial charge in [0.15, 0.2) is 16.9 Å². The van der Waals surface area contributed by atoms with Crippen molar-refractivity contribution in [1.29, 1.82) is 0 Å². The molecule has 0 saturated heterocycles. The van der Waals surface area contributed by atoms with Crippen molar-refractivity contribution in [3.05, 3.63) is 92.9 Å². The van der Waals surface area contributed by atoms with E-state index in [-0.39, 0.29) is 16.8 Å². The highest BCUT2D eigenvalue weighted by Crippen LogP contribution is 2.43. The Kier molecular flexibility index (Phi) is 6.17. The van der Waals surface area contributed by atoms with E-state index in [9.17, 15) is 9.59 Å². The van der Waals surface area contributed by atoms with Crippen LogP contribution < -0.4 is 19.8 Å². The molecule has 5 rings (SSSR count). The van der Waals surface area contributed by atoms with Gasteiger partial charge in [0.05, 0.1) is 30.2 Å². The van der Waals surface area contributed by atoms with Crippen LogP contribution >= 0.6 is 11.6 Å². The molecule has 7 nitrogen and oxygen atoms in total. The molecule has 178 valence electrons. The molecule has 0 fully saturated rings. The van der Waals surface area contributed by atoms with Gasteiger partial charge in [-0.05, 0) is 61.4 Å². The lowest BCUT2D eigenvalue weighted by Crippen LogP contribution is -2.30. The van der Waals surface area contributed by atoms with Crippen molar-refractivity contribution in [3.63, 3.8) is 0 Å². The summed E-state index contributed by atoms with van der Waals surface area (Å²) in [4.78, 5) is 33.2. The summed E-state index contributed by atoms with van der Waals surface area (Å²) in [6.07, 6.45) is 2.45. The number of carbonyl (C=O) groups is 1. The van der Waals surface area contributed by atoms with Crippen LogP contribution in [-0.2, 0) is 0 Å². The molecule has 1 amide bonds. The SMILES string of the molecule is CCCOc1ccc(C2c3c(oc4ccc(Cl)cc4c3=O)C(=O)N2c2ccccn2)cc1OCC. The van der Waals surface area contributed by atoms with Crippen molar-refractivity contribution in [2.75, 3.05) is 18.1 Å². The first kappa shape index (κ1) is 22.9. The smallest absolute Gasteiger partial charge is 0.296 e. The molecule has 1 aliphatic heterocycles. The maximum atomic E-state index is 13.7. The maximum Gasteiger partial charge on any atom is 0.296 e. The third kappa shape index (κ3) is 4.02. The molecular formula is C27H23ClN2O5. The summed E-state index contributed by atoms with van der Waals surface area (Å²) in [5.74, 6) is 1.09. The molecule has 0 aliphatic carbocycles. The summed E-state index contributed by atoms with van der Waals surface area (Å²) in [5.41, 5.74) is 0.889. The first-order valence-corrected chi connectivity index (χ1v) is 11.8. The third-order valence-electron chi connectivity index (χ3n) is 5.77. The van der Waals surface area contributed by atoms with Gasteiger partial charge in [-0.2, -0.15) is 0 Å². The normalized spacial score (nSPS) is 14.9. The van der Waals surface area contributed by atoms with Crippen LogP contribution in [0.15, 0.2) is 70.0 Å². The van der Waals surface area contributed by atoms with Gasteiger partial charge in [0.1, 0.15) is 11.4 Å². The van der Waals surface area contributed by atoms with Crippen molar-refractivity contribution in [3.8, 4) is 11.5 Å². The highest BCUT2D eigenvalue weighted by atomic mass is 35.5. The van der Waals surface area contributed by atoms with Gasteiger partial charge in [-0.1, -0.05) is 30.7 Å². The molecule has 0 radical (unpaired) electrons. The van der Waals surface area contributed by atoms with Crippen LogP contribution in [0.4, 0.5) is 5.82 Å². The zero-order valence-electron chi connectivity index (χ0n) is 19.3. The second kappa shape index (κ2) is 9.43. The van der Waals surface area contributed by atoms with Crippen LogP contribution in [-0.4, -0.2) is 24.1 Å². The van der Waals surface area contributed by atoms with Gasteiger partial charge < -0.3 is 13.9 Å². The lowest BCUT2D eigenvalue weighted by Gasteiger charge is -2.25. The monoisotopic (exact) mass is 490 g/mol. The molecule has 0 spiro atoms. The van der Waals surface area contributed by atoms with Crippen LogP contribution in [0.1, 0.15) is 48.0 Å². The fraction of sp³-hybridized carbons (Fsp3) is 0.222. The molecule has 0 N–H and O–H groups in total. The fourth-order valence-electron chi connectivity index (χ4n) is 4.29. The van der Waals surface area contributed by atoms with Crippen molar-refractivity contribution >= 4 is 34.3 Å². The number of anilines is 1. The maximum absolute atomic E-state index is 13.7. The molecule has 1 unspecified atom stereocenters. The number of aromatic nitrogens is 1. The largest absolute Gasteiger partial charge is 0.490 e. The van der Waals surface area contributed by atoms with Gasteiger partial charge in [0.2, 0.25) is 5.76 Å². The Labute approximate surface area is 206 Å². The Morgan fingerprint density at radius 1 is 1.03 bits per heavy atom. The summed E-state index contributed by atoms with van der Waals surface area (Å²) in [7, 11) is 0. The minimum absolute atomic E-state index is 0.00950. The standard InChI is InChI=1S/C27H23ClN2O5/c1-3-13-34-20-10-8-16(14-21(20)33-4-2)24-23-25(31)18-15-17(28)9-11-19(18)35-26(23)27(32)30(24)22-7-5-6-12-29-22/h5-12,14-15,24H,3-4,13H2,1-2H3. The lowest BCUT2D eigenvalue weighted by molar-refractivity contribution is 0.0970. The fourth-order valence-corrected chi connectivity index (χ4v) is 4.46. The van der Waals surface area contributed by atoms with E-state index in [1.165, 1.54) is 4.90 Å². The van der Waals surface area contributed by atoms with Gasteiger partial charge in [-0.15, -0.1) is 0 Å². The molecular weight excluding hydrogens is 468 g/mol. The van der Waals surface area contributed by atoms with Crippen LogP contribution in [0.25, 0.3) is 11.0 Å². The van der Waals surface area contributed by atoms with Crippen LogP contribution in [0.2, 0.25) is 5.02 Å². The van der Waals surface area contributed by atoms with Gasteiger partial charge in [0.25, 0.3) is 5.91 Å². The highest BCUT2D eigenvalue weighted by Gasteiger charge is 2.44. The molecule has 0 saturated carbocycles. The Bertz CT molecular complexity index is 1470. The number of benzene rings is 2. The average Bonchev–Trinajstić information content (AvgIpc) is 3.17. The van der Waals surface area contributed by atoms with E-state index in [1.54, 1.807) is 54.7 Å². The minimum atomic E-state index is -0.772. The topological polar surface area (TPSA) is 81.9 Å². The van der Waals surface area contributed by atoms with Gasteiger partial charge in [-0.25, -0.2) is 4.98 Å². The summed E-state index contributed by atoms with van der Waals surface area (Å²) < 4.78 is 17.7. The second-order valence-electron chi connectivity index (χ2n) is 8.07. The molecule has 3 heterocycles. The second-order valence-corrected chi connectivity index (χ2v) is 8.50. The zero-order chi connectivity index (χ0) is 24.5. The molecule has 8 heteroatoms. The lowest BCUT2D eigenvalue weighted by atomic mass is 9.98. The summed E-state index contributed by atoms with van der Waals surface area (Å²) in [6.45, 7) is 4.88. The van der Waals surface area contributed by atoms with Crippen molar-refractivity contribution in [1.82, 2.24) is 4.98 Å². The van der Waals surface area contributed by atoms with E-state index in [2.05, 4.69) is 4.98 Å². The summed E-state index contributed by atoms with van der Waals surface area (Å²) in [5, 5.41) is 0.716. The molecule has 0 bridgehead atoms. The van der Waals surface area contributed by atoms with E-state index in [4.69, 9.17) is 25.5 Å². The highest BCUT2D eigenvalue weighted by molar-refractivity contribution is 6.31. The minimum Gasteiger partial charge on any atom is -0.490 e. The van der Waals surface area contributed by atoms with Crippen molar-refractivity contribution in [2.45, 2.75) is 26.3 Å². The van der Waals surface area contributed by atoms with Crippen LogP contribution in [0.5, 0.6) is 11.5 Å². The Hall–Kier alpha value is -3.84. The summed E-state index contributed by atoms with van der Waals surface area (Å²) in [6, 6.07) is 14.7. The number of rotatable bonds is 7. The van der Waals surface area contributed by atoms with E-state index >= 15 is 0 Å². The molecule has 1 aliphatic rings. The molecule has 4 aromatic rings. The van der Waals surface area contributed by atoms with E-state index in [0.29, 0.717) is 52.1 Å². The first-order chi connectivity index (χ1) is 17.0. The van der Waals surface area contributed by atoms with E-state index in [0.717, 1.165) is 6.42 Å². The number of pyridine rings is 1. The molecule has 2 aromatic heterocycles.